The zero-order valence-electron chi connectivity index (χ0n) is 11.8. The number of hydrogen-bond acceptors (Lipinski definition) is 3. The average molecular weight is 249 g/mol. The third kappa shape index (κ3) is 3.70. The molecular weight excluding hydrogens is 222 g/mol. The van der Waals surface area contributed by atoms with Gasteiger partial charge < -0.3 is 4.90 Å². The molecule has 102 valence electrons. The van der Waals surface area contributed by atoms with Crippen molar-refractivity contribution in [2.45, 2.75) is 63.5 Å². The molecule has 0 aromatic rings. The first-order valence-electron chi connectivity index (χ1n) is 7.62. The lowest BCUT2D eigenvalue weighted by Gasteiger charge is -2.36. The van der Waals surface area contributed by atoms with Gasteiger partial charge in [-0.2, -0.15) is 5.26 Å². The van der Waals surface area contributed by atoms with Crippen molar-refractivity contribution < 1.29 is 0 Å². The zero-order valence-corrected chi connectivity index (χ0v) is 11.8. The van der Waals surface area contributed by atoms with Crippen LogP contribution in [0, 0.1) is 11.3 Å². The summed E-state index contributed by atoms with van der Waals surface area (Å²) in [5.41, 5.74) is 0. The summed E-state index contributed by atoms with van der Waals surface area (Å²) in [6.45, 7) is 3.45. The predicted molar refractivity (Wildman–Crippen MR) is 74.3 cm³/mol. The first-order valence-corrected chi connectivity index (χ1v) is 7.62. The Bertz CT molecular complexity index is 276. The minimum absolute atomic E-state index is 0.464. The van der Waals surface area contributed by atoms with E-state index >= 15 is 0 Å². The van der Waals surface area contributed by atoms with E-state index in [1.807, 2.05) is 0 Å². The molecule has 2 rings (SSSR count). The summed E-state index contributed by atoms with van der Waals surface area (Å²) in [6.07, 6.45) is 10.2. The van der Waals surface area contributed by atoms with Gasteiger partial charge in [0.1, 0.15) is 0 Å². The second-order valence-corrected chi connectivity index (χ2v) is 6.02. The smallest absolute Gasteiger partial charge is 0.0638 e. The van der Waals surface area contributed by atoms with Crippen molar-refractivity contribution in [3.05, 3.63) is 0 Å². The maximum atomic E-state index is 9.07. The van der Waals surface area contributed by atoms with Crippen molar-refractivity contribution in [1.29, 1.82) is 5.26 Å². The van der Waals surface area contributed by atoms with Gasteiger partial charge in [-0.3, -0.25) is 4.90 Å². The van der Waals surface area contributed by atoms with Crippen LogP contribution in [0.3, 0.4) is 0 Å². The van der Waals surface area contributed by atoms with Gasteiger partial charge in [-0.05, 0) is 32.9 Å². The van der Waals surface area contributed by atoms with Crippen molar-refractivity contribution in [3.63, 3.8) is 0 Å². The summed E-state index contributed by atoms with van der Waals surface area (Å²) >= 11 is 0. The van der Waals surface area contributed by atoms with E-state index in [1.54, 1.807) is 0 Å². The van der Waals surface area contributed by atoms with Gasteiger partial charge in [-0.1, -0.05) is 25.7 Å². The Balaban J connectivity index is 2.03. The second kappa shape index (κ2) is 7.11. The Morgan fingerprint density at radius 2 is 1.78 bits per heavy atom. The fraction of sp³-hybridized carbons (Fsp3) is 0.933. The van der Waals surface area contributed by atoms with Gasteiger partial charge in [-0.15, -0.1) is 0 Å². The Labute approximate surface area is 112 Å². The number of likely N-dealkylation sites (N-methyl/N-ethyl adjacent to an activating group) is 1. The highest BCUT2D eigenvalue weighted by molar-refractivity contribution is 4.90. The van der Waals surface area contributed by atoms with E-state index in [4.69, 9.17) is 5.26 Å². The SMILES string of the molecule is CN1CCCN(C2CCCCCC2)C(CC#N)C1. The Hall–Kier alpha value is -0.590. The van der Waals surface area contributed by atoms with Crippen molar-refractivity contribution in [1.82, 2.24) is 9.80 Å². The molecule has 3 nitrogen and oxygen atoms in total. The molecule has 1 aliphatic heterocycles. The van der Waals surface area contributed by atoms with Gasteiger partial charge in [0.25, 0.3) is 0 Å². The van der Waals surface area contributed by atoms with E-state index in [0.29, 0.717) is 12.5 Å². The summed E-state index contributed by atoms with van der Waals surface area (Å²) in [7, 11) is 2.20. The summed E-state index contributed by atoms with van der Waals surface area (Å²) in [6, 6.07) is 3.61. The molecule has 0 amide bonds. The molecule has 0 spiro atoms. The van der Waals surface area contributed by atoms with Crippen LogP contribution in [0.15, 0.2) is 0 Å². The van der Waals surface area contributed by atoms with E-state index < -0.39 is 0 Å². The molecule has 1 unspecified atom stereocenters. The number of rotatable bonds is 2. The van der Waals surface area contributed by atoms with Crippen molar-refractivity contribution in [3.8, 4) is 6.07 Å². The monoisotopic (exact) mass is 249 g/mol. The van der Waals surface area contributed by atoms with Crippen LogP contribution >= 0.6 is 0 Å². The maximum Gasteiger partial charge on any atom is 0.0638 e. The zero-order chi connectivity index (χ0) is 12.8. The number of hydrogen-bond donors (Lipinski definition) is 0. The highest BCUT2D eigenvalue weighted by Gasteiger charge is 2.29. The van der Waals surface area contributed by atoms with Crippen molar-refractivity contribution in [2.24, 2.45) is 0 Å². The summed E-state index contributed by atoms with van der Waals surface area (Å²) < 4.78 is 0. The highest BCUT2D eigenvalue weighted by Crippen LogP contribution is 2.26. The minimum Gasteiger partial charge on any atom is -0.305 e. The molecule has 2 fully saturated rings. The van der Waals surface area contributed by atoms with E-state index in [2.05, 4.69) is 22.9 Å². The average Bonchev–Trinajstić information content (AvgIpc) is 2.70. The van der Waals surface area contributed by atoms with Crippen LogP contribution in [-0.4, -0.2) is 48.6 Å². The molecule has 1 atom stereocenters. The minimum atomic E-state index is 0.464. The van der Waals surface area contributed by atoms with Gasteiger partial charge >= 0.3 is 0 Å². The molecule has 1 aliphatic carbocycles. The largest absolute Gasteiger partial charge is 0.305 e. The van der Waals surface area contributed by atoms with Gasteiger partial charge in [0.2, 0.25) is 0 Å². The van der Waals surface area contributed by atoms with Crippen LogP contribution in [0.2, 0.25) is 0 Å². The molecule has 2 aliphatic rings. The molecule has 0 N–H and O–H groups in total. The normalized spacial score (nSPS) is 29.4. The fourth-order valence-corrected chi connectivity index (χ4v) is 3.62. The molecule has 3 heteroatoms. The van der Waals surface area contributed by atoms with Crippen LogP contribution in [0.4, 0.5) is 0 Å². The molecule has 0 aromatic heterocycles. The first kappa shape index (κ1) is 13.8. The highest BCUT2D eigenvalue weighted by atomic mass is 15.2. The molecule has 1 saturated carbocycles. The fourth-order valence-electron chi connectivity index (χ4n) is 3.62. The molecule has 0 aromatic carbocycles. The molecule has 0 radical (unpaired) electrons. The molecule has 0 bridgehead atoms. The lowest BCUT2D eigenvalue weighted by Crippen LogP contribution is -2.46. The van der Waals surface area contributed by atoms with Crippen LogP contribution in [0.1, 0.15) is 51.4 Å². The molecule has 1 saturated heterocycles. The maximum absolute atomic E-state index is 9.07. The third-order valence-corrected chi connectivity index (χ3v) is 4.57. The molecular formula is C15H27N3. The van der Waals surface area contributed by atoms with Gasteiger partial charge in [0, 0.05) is 25.2 Å². The Morgan fingerprint density at radius 3 is 2.44 bits per heavy atom. The van der Waals surface area contributed by atoms with E-state index in [-0.39, 0.29) is 0 Å². The van der Waals surface area contributed by atoms with Gasteiger partial charge in [-0.25, -0.2) is 0 Å². The molecule has 18 heavy (non-hydrogen) atoms. The van der Waals surface area contributed by atoms with Crippen LogP contribution in [-0.2, 0) is 0 Å². The summed E-state index contributed by atoms with van der Waals surface area (Å²) in [5, 5.41) is 9.07. The number of nitrogens with zero attached hydrogens (tertiary/aromatic N) is 3. The van der Waals surface area contributed by atoms with Gasteiger partial charge in [0.15, 0.2) is 0 Å². The first-order chi connectivity index (χ1) is 8.81. The summed E-state index contributed by atoms with van der Waals surface area (Å²) in [5.74, 6) is 0. The van der Waals surface area contributed by atoms with E-state index in [1.165, 1.54) is 58.0 Å². The van der Waals surface area contributed by atoms with Crippen LogP contribution in [0.25, 0.3) is 0 Å². The van der Waals surface area contributed by atoms with E-state index in [0.717, 1.165) is 12.6 Å². The van der Waals surface area contributed by atoms with Crippen molar-refractivity contribution in [2.75, 3.05) is 26.7 Å². The number of nitriles is 1. The lowest BCUT2D eigenvalue weighted by molar-refractivity contribution is 0.121. The predicted octanol–water partition coefficient (Wildman–Crippen LogP) is 2.63. The molecule has 1 heterocycles. The third-order valence-electron chi connectivity index (χ3n) is 4.57. The van der Waals surface area contributed by atoms with Crippen LogP contribution < -0.4 is 0 Å². The lowest BCUT2D eigenvalue weighted by atomic mass is 10.0. The topological polar surface area (TPSA) is 30.3 Å². The second-order valence-electron chi connectivity index (χ2n) is 6.02. The Morgan fingerprint density at radius 1 is 1.06 bits per heavy atom. The quantitative estimate of drug-likeness (QED) is 0.705. The van der Waals surface area contributed by atoms with Gasteiger partial charge in [0.05, 0.1) is 12.5 Å². The van der Waals surface area contributed by atoms with Crippen LogP contribution in [0.5, 0.6) is 0 Å². The van der Waals surface area contributed by atoms with Crippen molar-refractivity contribution >= 4 is 0 Å². The van der Waals surface area contributed by atoms with E-state index in [9.17, 15) is 0 Å². The Kier molecular flexibility index (Phi) is 5.46. The summed E-state index contributed by atoms with van der Waals surface area (Å²) in [4.78, 5) is 5.08. The standard InChI is InChI=1S/C15H27N3/c1-17-11-6-12-18(15(13-17)9-10-16)14-7-4-2-3-5-8-14/h14-15H,2-9,11-13H2,1H3.